The monoisotopic (exact) mass is 223 g/mol. The molecule has 0 saturated heterocycles. The lowest BCUT2D eigenvalue weighted by Crippen LogP contribution is -2.06. The average molecular weight is 224 g/mol. The van der Waals surface area contributed by atoms with E-state index in [0.29, 0.717) is 11.4 Å². The number of nitriles is 1. The standard InChI is InChI=1S/C11H10ClNO2/c1-7-3-9(6-13)10(11(14)15-2)4-8(7)5-12/h3-4H,5H2,1-2H3. The Balaban J connectivity index is 3.37. The molecular weight excluding hydrogens is 214 g/mol. The minimum absolute atomic E-state index is 0.265. The molecule has 0 aliphatic heterocycles. The summed E-state index contributed by atoms with van der Waals surface area (Å²) >= 11 is 5.71. The SMILES string of the molecule is COC(=O)c1cc(CCl)c(C)cc1C#N. The molecule has 78 valence electrons. The van der Waals surface area contributed by atoms with Gasteiger partial charge in [-0.25, -0.2) is 4.79 Å². The molecule has 0 aliphatic rings. The number of methoxy groups -OCH3 is 1. The lowest BCUT2D eigenvalue weighted by molar-refractivity contribution is 0.0600. The van der Waals surface area contributed by atoms with Crippen molar-refractivity contribution in [1.29, 1.82) is 5.26 Å². The van der Waals surface area contributed by atoms with Crippen LogP contribution < -0.4 is 0 Å². The van der Waals surface area contributed by atoms with E-state index in [1.165, 1.54) is 7.11 Å². The van der Waals surface area contributed by atoms with Crippen LogP contribution in [-0.4, -0.2) is 13.1 Å². The number of hydrogen-bond donors (Lipinski definition) is 0. The number of ether oxygens (including phenoxy) is 1. The number of hydrogen-bond acceptors (Lipinski definition) is 3. The zero-order valence-corrected chi connectivity index (χ0v) is 9.26. The number of carbonyl (C=O) groups is 1. The fourth-order valence-electron chi connectivity index (χ4n) is 1.27. The molecule has 0 amide bonds. The van der Waals surface area contributed by atoms with Crippen LogP contribution in [0.3, 0.4) is 0 Å². The van der Waals surface area contributed by atoms with Crippen molar-refractivity contribution < 1.29 is 9.53 Å². The number of aryl methyl sites for hydroxylation is 1. The van der Waals surface area contributed by atoms with Gasteiger partial charge in [-0.05, 0) is 30.2 Å². The van der Waals surface area contributed by atoms with Gasteiger partial charge in [-0.15, -0.1) is 11.6 Å². The van der Waals surface area contributed by atoms with Crippen molar-refractivity contribution in [2.45, 2.75) is 12.8 Å². The molecule has 0 aliphatic carbocycles. The van der Waals surface area contributed by atoms with Crippen LogP contribution in [0.4, 0.5) is 0 Å². The summed E-state index contributed by atoms with van der Waals surface area (Å²) in [5.74, 6) is -0.209. The average Bonchev–Trinajstić information content (AvgIpc) is 2.27. The highest BCUT2D eigenvalue weighted by molar-refractivity contribution is 6.17. The van der Waals surface area contributed by atoms with Crippen LogP contribution in [0.2, 0.25) is 0 Å². The third kappa shape index (κ3) is 2.28. The molecule has 1 aromatic carbocycles. The van der Waals surface area contributed by atoms with E-state index in [1.54, 1.807) is 12.1 Å². The molecule has 0 bridgehead atoms. The molecule has 0 saturated carbocycles. The highest BCUT2D eigenvalue weighted by Gasteiger charge is 2.14. The molecule has 0 fully saturated rings. The van der Waals surface area contributed by atoms with E-state index in [-0.39, 0.29) is 5.56 Å². The van der Waals surface area contributed by atoms with Gasteiger partial charge in [0, 0.05) is 5.88 Å². The van der Waals surface area contributed by atoms with E-state index in [4.69, 9.17) is 16.9 Å². The minimum Gasteiger partial charge on any atom is -0.465 e. The topological polar surface area (TPSA) is 50.1 Å². The molecule has 4 heteroatoms. The van der Waals surface area contributed by atoms with Crippen LogP contribution in [0.25, 0.3) is 0 Å². The number of benzene rings is 1. The van der Waals surface area contributed by atoms with Gasteiger partial charge < -0.3 is 4.74 Å². The molecular formula is C11H10ClNO2. The Hall–Kier alpha value is -1.53. The molecule has 0 unspecified atom stereocenters. The Bertz CT molecular complexity index is 435. The second-order valence-electron chi connectivity index (χ2n) is 3.06. The Labute approximate surface area is 93.2 Å². The van der Waals surface area contributed by atoms with Crippen molar-refractivity contribution in [3.63, 3.8) is 0 Å². The smallest absolute Gasteiger partial charge is 0.339 e. The molecule has 15 heavy (non-hydrogen) atoms. The van der Waals surface area contributed by atoms with Gasteiger partial charge in [-0.1, -0.05) is 0 Å². The fourth-order valence-corrected chi connectivity index (χ4v) is 1.56. The Morgan fingerprint density at radius 1 is 1.60 bits per heavy atom. The Morgan fingerprint density at radius 3 is 2.73 bits per heavy atom. The number of halogens is 1. The van der Waals surface area contributed by atoms with Crippen LogP contribution in [0.5, 0.6) is 0 Å². The molecule has 0 spiro atoms. The van der Waals surface area contributed by atoms with Gasteiger partial charge in [0.15, 0.2) is 0 Å². The van der Waals surface area contributed by atoms with Gasteiger partial charge >= 0.3 is 5.97 Å². The Kier molecular flexibility index (Phi) is 3.70. The minimum atomic E-state index is -0.516. The zero-order valence-electron chi connectivity index (χ0n) is 8.50. The van der Waals surface area contributed by atoms with Crippen molar-refractivity contribution >= 4 is 17.6 Å². The van der Waals surface area contributed by atoms with Crippen LogP contribution in [0.15, 0.2) is 12.1 Å². The molecule has 0 atom stereocenters. The number of carbonyl (C=O) groups excluding carboxylic acids is 1. The highest BCUT2D eigenvalue weighted by atomic mass is 35.5. The van der Waals surface area contributed by atoms with E-state index >= 15 is 0 Å². The quantitative estimate of drug-likeness (QED) is 0.571. The molecule has 0 heterocycles. The van der Waals surface area contributed by atoms with Crippen molar-refractivity contribution in [3.05, 3.63) is 34.4 Å². The van der Waals surface area contributed by atoms with E-state index < -0.39 is 5.97 Å². The maximum Gasteiger partial charge on any atom is 0.339 e. The van der Waals surface area contributed by atoms with Crippen LogP contribution in [0, 0.1) is 18.3 Å². The maximum absolute atomic E-state index is 11.4. The lowest BCUT2D eigenvalue weighted by Gasteiger charge is -2.07. The summed E-state index contributed by atoms with van der Waals surface area (Å²) in [6.07, 6.45) is 0. The molecule has 1 rings (SSSR count). The summed E-state index contributed by atoms with van der Waals surface area (Å²) in [4.78, 5) is 11.4. The van der Waals surface area contributed by atoms with Crippen LogP contribution in [-0.2, 0) is 10.6 Å². The first-order valence-corrected chi connectivity index (χ1v) is 4.85. The summed E-state index contributed by atoms with van der Waals surface area (Å²) in [5, 5.41) is 8.86. The summed E-state index contributed by atoms with van der Waals surface area (Å²) in [6.45, 7) is 1.85. The summed E-state index contributed by atoms with van der Waals surface area (Å²) < 4.78 is 4.58. The van der Waals surface area contributed by atoms with Crippen molar-refractivity contribution in [2.24, 2.45) is 0 Å². The maximum atomic E-state index is 11.4. The van der Waals surface area contributed by atoms with Crippen LogP contribution >= 0.6 is 11.6 Å². The van der Waals surface area contributed by atoms with Crippen molar-refractivity contribution in [1.82, 2.24) is 0 Å². The second-order valence-corrected chi connectivity index (χ2v) is 3.33. The fraction of sp³-hybridized carbons (Fsp3) is 0.273. The van der Waals surface area contributed by atoms with E-state index in [0.717, 1.165) is 11.1 Å². The normalized spacial score (nSPS) is 9.47. The Morgan fingerprint density at radius 2 is 2.27 bits per heavy atom. The van der Waals surface area contributed by atoms with Gasteiger partial charge in [0.1, 0.15) is 6.07 Å². The summed E-state index contributed by atoms with van der Waals surface area (Å²) in [7, 11) is 1.28. The largest absolute Gasteiger partial charge is 0.465 e. The molecule has 3 nitrogen and oxygen atoms in total. The van der Waals surface area contributed by atoms with Gasteiger partial charge in [-0.3, -0.25) is 0 Å². The number of nitrogens with zero attached hydrogens (tertiary/aromatic N) is 1. The van der Waals surface area contributed by atoms with Gasteiger partial charge in [-0.2, -0.15) is 5.26 Å². The first-order chi connectivity index (χ1) is 7.13. The number of alkyl halides is 1. The predicted molar refractivity (Wildman–Crippen MR) is 56.8 cm³/mol. The van der Waals surface area contributed by atoms with Crippen molar-refractivity contribution in [2.75, 3.05) is 7.11 Å². The van der Waals surface area contributed by atoms with Gasteiger partial charge in [0.05, 0.1) is 18.2 Å². The van der Waals surface area contributed by atoms with E-state index in [1.807, 2.05) is 13.0 Å². The highest BCUT2D eigenvalue weighted by Crippen LogP contribution is 2.18. The third-order valence-electron chi connectivity index (χ3n) is 2.15. The van der Waals surface area contributed by atoms with Crippen molar-refractivity contribution in [3.8, 4) is 6.07 Å². The summed E-state index contributed by atoms with van der Waals surface area (Å²) in [6, 6.07) is 5.21. The van der Waals surface area contributed by atoms with Crippen LogP contribution in [0.1, 0.15) is 27.0 Å². The van der Waals surface area contributed by atoms with E-state index in [9.17, 15) is 4.79 Å². The van der Waals surface area contributed by atoms with Gasteiger partial charge in [0.2, 0.25) is 0 Å². The first kappa shape index (κ1) is 11.5. The predicted octanol–water partition coefficient (Wildman–Crippen LogP) is 2.39. The number of rotatable bonds is 2. The third-order valence-corrected chi connectivity index (χ3v) is 2.43. The molecule has 0 N–H and O–H groups in total. The number of esters is 1. The van der Waals surface area contributed by atoms with E-state index in [2.05, 4.69) is 4.74 Å². The molecule has 1 aromatic rings. The molecule has 0 aromatic heterocycles. The lowest BCUT2D eigenvalue weighted by atomic mass is 10.0. The molecule has 0 radical (unpaired) electrons. The zero-order chi connectivity index (χ0) is 11.4. The van der Waals surface area contributed by atoms with Gasteiger partial charge in [0.25, 0.3) is 0 Å². The summed E-state index contributed by atoms with van der Waals surface area (Å²) in [5.41, 5.74) is 2.31. The first-order valence-electron chi connectivity index (χ1n) is 4.32. The second kappa shape index (κ2) is 4.81.